The van der Waals surface area contributed by atoms with Crippen LogP contribution in [0, 0.1) is 0 Å². The van der Waals surface area contributed by atoms with Crippen molar-refractivity contribution in [2.45, 2.75) is 19.3 Å². The molecular weight excluding hydrogens is 168 g/mol. The summed E-state index contributed by atoms with van der Waals surface area (Å²) in [5.74, 6) is 1.66. The number of ether oxygens (including phenoxy) is 1. The molecular formula is C9H16N2O2. The number of hydrogen-bond donors (Lipinski definition) is 1. The molecule has 0 atom stereocenters. The first-order valence-corrected chi connectivity index (χ1v) is 4.49. The lowest BCUT2D eigenvalue weighted by molar-refractivity contribution is 0.196. The van der Waals surface area contributed by atoms with Gasteiger partial charge >= 0.3 is 0 Å². The highest BCUT2D eigenvalue weighted by atomic mass is 16.5. The lowest BCUT2D eigenvalue weighted by Crippen LogP contribution is -2.00. The minimum atomic E-state index is 0.672. The zero-order chi connectivity index (χ0) is 9.52. The van der Waals surface area contributed by atoms with Crippen molar-refractivity contribution >= 4 is 0 Å². The van der Waals surface area contributed by atoms with E-state index in [0.29, 0.717) is 13.2 Å². The molecule has 4 nitrogen and oxygen atoms in total. The Morgan fingerprint density at radius 1 is 1.54 bits per heavy atom. The second kappa shape index (κ2) is 5.72. The molecule has 4 heteroatoms. The molecule has 0 fully saturated rings. The number of nitrogens with zero attached hydrogens (tertiary/aromatic N) is 1. The standard InChI is InChI=1S/C9H16N2O2/c1-12-6-4-8-7-11-9(13-8)3-2-5-10/h7H,2-6,10H2,1H3. The minimum absolute atomic E-state index is 0.672. The number of aryl methyl sites for hydroxylation is 1. The van der Waals surface area contributed by atoms with Crippen LogP contribution in [0.4, 0.5) is 0 Å². The molecule has 0 aliphatic rings. The third-order valence-corrected chi connectivity index (χ3v) is 1.75. The average Bonchev–Trinajstić information content (AvgIpc) is 2.59. The molecule has 0 aliphatic carbocycles. The van der Waals surface area contributed by atoms with Gasteiger partial charge in [-0.25, -0.2) is 4.98 Å². The normalized spacial score (nSPS) is 10.6. The fraction of sp³-hybridized carbons (Fsp3) is 0.667. The summed E-state index contributed by atoms with van der Waals surface area (Å²) in [4.78, 5) is 4.13. The number of nitrogens with two attached hydrogens (primary N) is 1. The number of hydrogen-bond acceptors (Lipinski definition) is 4. The number of oxazole rings is 1. The average molecular weight is 184 g/mol. The fourth-order valence-electron chi connectivity index (χ4n) is 1.04. The Labute approximate surface area is 78.1 Å². The molecule has 1 heterocycles. The van der Waals surface area contributed by atoms with Crippen LogP contribution in [-0.4, -0.2) is 25.2 Å². The summed E-state index contributed by atoms with van der Waals surface area (Å²) in [5, 5.41) is 0. The van der Waals surface area contributed by atoms with Gasteiger partial charge in [0.25, 0.3) is 0 Å². The van der Waals surface area contributed by atoms with Gasteiger partial charge < -0.3 is 14.9 Å². The Morgan fingerprint density at radius 3 is 3.08 bits per heavy atom. The molecule has 13 heavy (non-hydrogen) atoms. The van der Waals surface area contributed by atoms with Crippen LogP contribution in [0.2, 0.25) is 0 Å². The van der Waals surface area contributed by atoms with E-state index in [4.69, 9.17) is 14.9 Å². The summed E-state index contributed by atoms with van der Waals surface area (Å²) in [6.45, 7) is 1.35. The summed E-state index contributed by atoms with van der Waals surface area (Å²) >= 11 is 0. The Bertz CT molecular complexity index is 213. The van der Waals surface area contributed by atoms with E-state index in [2.05, 4.69) is 4.98 Å². The predicted molar refractivity (Wildman–Crippen MR) is 49.5 cm³/mol. The summed E-state index contributed by atoms with van der Waals surface area (Å²) in [6.07, 6.45) is 4.28. The molecule has 0 spiro atoms. The molecule has 0 bridgehead atoms. The van der Waals surface area contributed by atoms with E-state index in [1.54, 1.807) is 13.3 Å². The highest BCUT2D eigenvalue weighted by molar-refractivity contribution is 4.94. The highest BCUT2D eigenvalue weighted by Gasteiger charge is 2.02. The first kappa shape index (κ1) is 10.2. The Morgan fingerprint density at radius 2 is 2.38 bits per heavy atom. The topological polar surface area (TPSA) is 61.3 Å². The van der Waals surface area contributed by atoms with E-state index in [1.807, 2.05) is 0 Å². The summed E-state index contributed by atoms with van der Waals surface area (Å²) < 4.78 is 10.4. The van der Waals surface area contributed by atoms with Crippen molar-refractivity contribution in [2.24, 2.45) is 5.73 Å². The SMILES string of the molecule is COCCc1cnc(CCCN)o1. The van der Waals surface area contributed by atoms with Crippen molar-refractivity contribution in [1.82, 2.24) is 4.98 Å². The number of aromatic nitrogens is 1. The Balaban J connectivity index is 2.34. The monoisotopic (exact) mass is 184 g/mol. The van der Waals surface area contributed by atoms with Gasteiger partial charge in [-0.15, -0.1) is 0 Å². The molecule has 74 valence electrons. The van der Waals surface area contributed by atoms with Crippen LogP contribution in [-0.2, 0) is 17.6 Å². The van der Waals surface area contributed by atoms with Crippen molar-refractivity contribution in [2.75, 3.05) is 20.3 Å². The van der Waals surface area contributed by atoms with Gasteiger partial charge in [0, 0.05) is 20.0 Å². The van der Waals surface area contributed by atoms with Crippen LogP contribution in [0.5, 0.6) is 0 Å². The van der Waals surface area contributed by atoms with Crippen LogP contribution < -0.4 is 5.73 Å². The van der Waals surface area contributed by atoms with Gasteiger partial charge in [-0.3, -0.25) is 0 Å². The summed E-state index contributed by atoms with van der Waals surface area (Å²) in [5.41, 5.74) is 5.37. The predicted octanol–water partition coefficient (Wildman–Crippen LogP) is 0.755. The molecule has 0 radical (unpaired) electrons. The quantitative estimate of drug-likeness (QED) is 0.708. The molecule has 0 saturated heterocycles. The Hall–Kier alpha value is -0.870. The smallest absolute Gasteiger partial charge is 0.194 e. The van der Waals surface area contributed by atoms with Gasteiger partial charge in [0.2, 0.25) is 0 Å². The van der Waals surface area contributed by atoms with E-state index >= 15 is 0 Å². The van der Waals surface area contributed by atoms with Gasteiger partial charge in [0.05, 0.1) is 12.8 Å². The first-order chi connectivity index (χ1) is 6.36. The molecule has 2 N–H and O–H groups in total. The summed E-state index contributed by atoms with van der Waals surface area (Å²) in [6, 6.07) is 0. The van der Waals surface area contributed by atoms with Gasteiger partial charge in [0.15, 0.2) is 5.89 Å². The van der Waals surface area contributed by atoms with E-state index in [1.165, 1.54) is 0 Å². The van der Waals surface area contributed by atoms with E-state index < -0.39 is 0 Å². The molecule has 0 aliphatic heterocycles. The van der Waals surface area contributed by atoms with Crippen LogP contribution in [0.3, 0.4) is 0 Å². The third kappa shape index (κ3) is 3.57. The zero-order valence-electron chi connectivity index (χ0n) is 7.95. The Kier molecular flexibility index (Phi) is 4.49. The number of methoxy groups -OCH3 is 1. The molecule has 1 aromatic heterocycles. The van der Waals surface area contributed by atoms with Gasteiger partial charge in [-0.2, -0.15) is 0 Å². The molecule has 1 aromatic rings. The maximum absolute atomic E-state index is 5.44. The molecule has 0 aromatic carbocycles. The van der Waals surface area contributed by atoms with Crippen molar-refractivity contribution < 1.29 is 9.15 Å². The van der Waals surface area contributed by atoms with Crippen LogP contribution in [0.25, 0.3) is 0 Å². The van der Waals surface area contributed by atoms with Gasteiger partial charge in [-0.1, -0.05) is 0 Å². The first-order valence-electron chi connectivity index (χ1n) is 4.49. The van der Waals surface area contributed by atoms with E-state index in [9.17, 15) is 0 Å². The highest BCUT2D eigenvalue weighted by Crippen LogP contribution is 2.06. The molecule has 1 rings (SSSR count). The molecule has 0 unspecified atom stereocenters. The second-order valence-corrected chi connectivity index (χ2v) is 2.86. The lowest BCUT2D eigenvalue weighted by atomic mass is 10.3. The summed E-state index contributed by atoms with van der Waals surface area (Å²) in [7, 11) is 1.67. The van der Waals surface area contributed by atoms with Crippen molar-refractivity contribution in [3.8, 4) is 0 Å². The fourth-order valence-corrected chi connectivity index (χ4v) is 1.04. The maximum atomic E-state index is 5.44. The van der Waals surface area contributed by atoms with Crippen molar-refractivity contribution in [1.29, 1.82) is 0 Å². The molecule has 0 saturated carbocycles. The van der Waals surface area contributed by atoms with Crippen molar-refractivity contribution in [3.05, 3.63) is 17.8 Å². The largest absolute Gasteiger partial charge is 0.446 e. The van der Waals surface area contributed by atoms with E-state index in [-0.39, 0.29) is 0 Å². The van der Waals surface area contributed by atoms with E-state index in [0.717, 1.165) is 30.9 Å². The van der Waals surface area contributed by atoms with Crippen LogP contribution >= 0.6 is 0 Å². The molecule has 0 amide bonds. The minimum Gasteiger partial charge on any atom is -0.446 e. The second-order valence-electron chi connectivity index (χ2n) is 2.86. The maximum Gasteiger partial charge on any atom is 0.194 e. The zero-order valence-corrected chi connectivity index (χ0v) is 7.95. The third-order valence-electron chi connectivity index (χ3n) is 1.75. The van der Waals surface area contributed by atoms with Crippen LogP contribution in [0.1, 0.15) is 18.1 Å². The van der Waals surface area contributed by atoms with Crippen LogP contribution in [0.15, 0.2) is 10.6 Å². The van der Waals surface area contributed by atoms with Crippen molar-refractivity contribution in [3.63, 3.8) is 0 Å². The van der Waals surface area contributed by atoms with Gasteiger partial charge in [0.1, 0.15) is 5.76 Å². The number of rotatable bonds is 6. The van der Waals surface area contributed by atoms with Gasteiger partial charge in [-0.05, 0) is 13.0 Å². The lowest BCUT2D eigenvalue weighted by Gasteiger charge is -1.94.